The van der Waals surface area contributed by atoms with Crippen molar-refractivity contribution < 1.29 is 0 Å². The molecule has 2 aromatic heterocycles. The van der Waals surface area contributed by atoms with Crippen LogP contribution < -0.4 is 22.5 Å². The maximum absolute atomic E-state index is 13.1. The van der Waals surface area contributed by atoms with Gasteiger partial charge in [-0.15, -0.1) is 0 Å². The lowest BCUT2D eigenvalue weighted by molar-refractivity contribution is 0.772. The number of aryl methyl sites for hydroxylation is 3. The molecule has 8 nitrogen and oxygen atoms in total. The van der Waals surface area contributed by atoms with Gasteiger partial charge < -0.3 is 0 Å². The predicted molar refractivity (Wildman–Crippen MR) is 229 cm³/mol. The van der Waals surface area contributed by atoms with Crippen molar-refractivity contribution in [1.29, 1.82) is 0 Å². The Bertz CT molecular complexity index is 3230. The van der Waals surface area contributed by atoms with Gasteiger partial charge in [-0.3, -0.25) is 18.7 Å². The zero-order chi connectivity index (χ0) is 40.2. The van der Waals surface area contributed by atoms with Crippen LogP contribution in [0.4, 0.5) is 0 Å². The van der Waals surface area contributed by atoms with Crippen LogP contribution in [-0.2, 0) is 14.1 Å². The summed E-state index contributed by atoms with van der Waals surface area (Å²) in [5, 5.41) is 1.50. The molecule has 0 spiro atoms. The number of nitrogens with zero attached hydrogens (tertiary/aromatic N) is 4. The predicted octanol–water partition coefficient (Wildman–Crippen LogP) is 7.79. The van der Waals surface area contributed by atoms with E-state index >= 15 is 0 Å². The third kappa shape index (κ3) is 7.74. The summed E-state index contributed by atoms with van der Waals surface area (Å²) in [5.41, 5.74) is 4.24. The number of fused-ring (bicyclic) bond motifs is 2. The lowest BCUT2D eigenvalue weighted by Gasteiger charge is -2.13. The second-order valence-corrected chi connectivity index (χ2v) is 13.8. The number of hydrogen-bond donors (Lipinski definition) is 0. The van der Waals surface area contributed by atoms with Crippen LogP contribution in [-0.4, -0.2) is 18.3 Å². The lowest BCUT2D eigenvalue weighted by Crippen LogP contribution is -2.38. The van der Waals surface area contributed by atoms with Gasteiger partial charge in [0.25, 0.3) is 11.1 Å². The highest BCUT2D eigenvalue weighted by molar-refractivity contribution is 6.32. The minimum Gasteiger partial charge on any atom is -0.296 e. The summed E-state index contributed by atoms with van der Waals surface area (Å²) < 4.78 is 5.12. The summed E-state index contributed by atoms with van der Waals surface area (Å²) in [6, 6.07) is 41.7. The normalized spacial score (nSPS) is 10.5. The summed E-state index contributed by atoms with van der Waals surface area (Å²) in [5.74, 6) is 12.2. The van der Waals surface area contributed by atoms with Gasteiger partial charge in [-0.2, -0.15) is 0 Å². The monoisotopic (exact) mass is 786 g/mol. The number of hydrogen-bond acceptors (Lipinski definition) is 4. The first kappa shape index (κ1) is 38.2. The van der Waals surface area contributed by atoms with Gasteiger partial charge in [0.2, 0.25) is 0 Å². The summed E-state index contributed by atoms with van der Waals surface area (Å²) in [4.78, 5) is 51.7. The van der Waals surface area contributed by atoms with Crippen LogP contribution >= 0.6 is 23.2 Å². The summed E-state index contributed by atoms with van der Waals surface area (Å²) >= 11 is 12.9. The molecule has 8 aromatic rings. The average Bonchev–Trinajstić information content (AvgIpc) is 3.23. The summed E-state index contributed by atoms with van der Waals surface area (Å²) in [7, 11) is 3.29. The molecule has 8 rings (SSSR count). The molecule has 278 valence electrons. The molecule has 0 saturated heterocycles. The first-order valence-corrected chi connectivity index (χ1v) is 18.4. The van der Waals surface area contributed by atoms with Gasteiger partial charge >= 0.3 is 11.4 Å². The third-order valence-corrected chi connectivity index (χ3v) is 9.89. The molecule has 0 fully saturated rings. The minimum atomic E-state index is -0.450. The maximum Gasteiger partial charge on any atom is 0.335 e. The van der Waals surface area contributed by atoms with Crippen LogP contribution in [0.25, 0.3) is 33.2 Å². The Balaban J connectivity index is 0.000000174. The molecule has 0 unspecified atom stereocenters. The number of para-hydroxylation sites is 2. The molecule has 0 aliphatic carbocycles. The Labute approximate surface area is 337 Å². The van der Waals surface area contributed by atoms with Crippen molar-refractivity contribution in [3.05, 3.63) is 219 Å². The van der Waals surface area contributed by atoms with Crippen molar-refractivity contribution in [1.82, 2.24) is 18.3 Å². The van der Waals surface area contributed by atoms with Crippen molar-refractivity contribution in [2.45, 2.75) is 6.92 Å². The van der Waals surface area contributed by atoms with Gasteiger partial charge in [-0.25, -0.2) is 18.7 Å². The topological polar surface area (TPSA) is 88.0 Å². The smallest absolute Gasteiger partial charge is 0.296 e. The molecular weight excluding hydrogens is 755 g/mol. The average molecular weight is 788 g/mol. The number of rotatable bonds is 2. The fourth-order valence-corrected chi connectivity index (χ4v) is 6.96. The maximum atomic E-state index is 13.1. The van der Waals surface area contributed by atoms with Gasteiger partial charge in [-0.05, 0) is 91.3 Å². The van der Waals surface area contributed by atoms with Gasteiger partial charge in [0.15, 0.2) is 0 Å². The highest BCUT2D eigenvalue weighted by Gasteiger charge is 2.17. The molecule has 0 N–H and O–H groups in total. The molecule has 0 atom stereocenters. The molecule has 57 heavy (non-hydrogen) atoms. The third-order valence-electron chi connectivity index (χ3n) is 9.29. The first-order chi connectivity index (χ1) is 27.5. The quantitative estimate of drug-likeness (QED) is 0.168. The number of halogens is 2. The van der Waals surface area contributed by atoms with E-state index in [0.717, 1.165) is 25.8 Å². The molecule has 0 radical (unpaired) electrons. The Kier molecular flexibility index (Phi) is 10.9. The molecule has 0 aliphatic rings. The van der Waals surface area contributed by atoms with Crippen molar-refractivity contribution >= 4 is 45.0 Å². The fraction of sp³-hybridized carbons (Fsp3) is 0.0638. The Morgan fingerprint density at radius 2 is 0.895 bits per heavy atom. The van der Waals surface area contributed by atoms with Crippen molar-refractivity contribution in [2.75, 3.05) is 0 Å². The van der Waals surface area contributed by atoms with Crippen LogP contribution in [0.15, 0.2) is 159 Å². The number of aromatic nitrogens is 4. The number of benzene rings is 6. The highest BCUT2D eigenvalue weighted by Crippen LogP contribution is 2.22. The van der Waals surface area contributed by atoms with Crippen molar-refractivity contribution in [3.8, 4) is 35.1 Å². The molecule has 0 aliphatic heterocycles. The standard InChI is InChI=1S/C24H17ClN2O2.C23H15ClN2O2/c1-16-7-6-10-19-22(16)26(2)24(29)27(23(19)28)21-14-13-18(15-20(21)25)12-11-17-8-4-3-5-9-17;1-25-20-10-6-5-9-18(20)22(27)26(23(25)28)21-14-13-17(15-19(21)24)12-11-16-7-3-2-4-8-16/h3-10,13-15H,1-2H3;2-10,13-15H,1H3. The van der Waals surface area contributed by atoms with Gasteiger partial charge in [0.05, 0.1) is 43.2 Å². The van der Waals surface area contributed by atoms with Gasteiger partial charge in [0.1, 0.15) is 0 Å². The molecular formula is C47H32Cl2N4O4. The fourth-order valence-electron chi connectivity index (χ4n) is 6.43. The second kappa shape index (κ2) is 16.3. The summed E-state index contributed by atoms with van der Waals surface area (Å²) in [6.45, 7) is 1.87. The van der Waals surface area contributed by atoms with E-state index in [-0.39, 0.29) is 10.0 Å². The summed E-state index contributed by atoms with van der Waals surface area (Å²) in [6.07, 6.45) is 0. The molecule has 0 amide bonds. The molecule has 2 heterocycles. The second-order valence-electron chi connectivity index (χ2n) is 13.0. The first-order valence-electron chi connectivity index (χ1n) is 17.7. The van der Waals surface area contributed by atoms with E-state index in [2.05, 4.69) is 23.7 Å². The van der Waals surface area contributed by atoms with Crippen LogP contribution in [0.3, 0.4) is 0 Å². The Morgan fingerprint density at radius 1 is 0.456 bits per heavy atom. The van der Waals surface area contributed by atoms with Crippen molar-refractivity contribution in [3.63, 3.8) is 0 Å². The Hall–Kier alpha value is -7.10. The van der Waals surface area contributed by atoms with E-state index in [0.29, 0.717) is 44.3 Å². The van der Waals surface area contributed by atoms with E-state index in [4.69, 9.17) is 23.2 Å². The van der Waals surface area contributed by atoms with Crippen LogP contribution in [0.2, 0.25) is 10.0 Å². The Morgan fingerprint density at radius 3 is 1.42 bits per heavy atom. The van der Waals surface area contributed by atoms with Crippen LogP contribution in [0, 0.1) is 30.6 Å². The van der Waals surface area contributed by atoms with E-state index in [1.807, 2.05) is 73.7 Å². The largest absolute Gasteiger partial charge is 0.335 e. The van der Waals surface area contributed by atoms with E-state index in [9.17, 15) is 19.2 Å². The SMILES string of the molecule is Cc1cccc2c(=O)n(-c3ccc(C#Cc4ccccc4)cc3Cl)c(=O)n(C)c12.Cn1c(=O)n(-c2ccc(C#Cc3ccccc3)cc2Cl)c(=O)c2ccccc21. The van der Waals surface area contributed by atoms with E-state index in [1.54, 1.807) is 86.9 Å². The van der Waals surface area contributed by atoms with E-state index in [1.165, 1.54) is 9.13 Å². The molecule has 10 heteroatoms. The molecule has 0 bridgehead atoms. The van der Waals surface area contributed by atoms with Crippen molar-refractivity contribution in [2.24, 2.45) is 14.1 Å². The highest BCUT2D eigenvalue weighted by atomic mass is 35.5. The molecule has 0 saturated carbocycles. The van der Waals surface area contributed by atoms with Gasteiger partial charge in [-0.1, -0.05) is 108 Å². The zero-order valence-electron chi connectivity index (χ0n) is 31.0. The molecule has 6 aromatic carbocycles. The minimum absolute atomic E-state index is 0.286. The van der Waals surface area contributed by atoms with E-state index < -0.39 is 22.5 Å². The zero-order valence-corrected chi connectivity index (χ0v) is 32.5. The lowest BCUT2D eigenvalue weighted by atomic mass is 10.1. The van der Waals surface area contributed by atoms with Crippen LogP contribution in [0.5, 0.6) is 0 Å². The van der Waals surface area contributed by atoms with Gasteiger partial charge in [0, 0.05) is 36.3 Å². The van der Waals surface area contributed by atoms with Crippen LogP contribution in [0.1, 0.15) is 27.8 Å².